The van der Waals surface area contributed by atoms with E-state index >= 15 is 0 Å². The summed E-state index contributed by atoms with van der Waals surface area (Å²) in [6, 6.07) is 9.82. The van der Waals surface area contributed by atoms with Gasteiger partial charge in [-0.05, 0) is 48.3 Å². The first-order chi connectivity index (χ1) is 9.34. The summed E-state index contributed by atoms with van der Waals surface area (Å²) in [5.74, 6) is 0.704. The van der Waals surface area contributed by atoms with Crippen LogP contribution in [0.3, 0.4) is 0 Å². The van der Waals surface area contributed by atoms with Gasteiger partial charge in [-0.15, -0.1) is 0 Å². The molecule has 0 heterocycles. The SMILES string of the molecule is CCCNC(CCc1ccc(C(C)(C)C)cc1)C(C)C. The van der Waals surface area contributed by atoms with E-state index in [4.69, 9.17) is 0 Å². The van der Waals surface area contributed by atoms with Crippen LogP contribution < -0.4 is 5.32 Å². The molecule has 0 fully saturated rings. The smallest absolute Gasteiger partial charge is 0.00932 e. The van der Waals surface area contributed by atoms with E-state index in [0.29, 0.717) is 12.0 Å². The van der Waals surface area contributed by atoms with Gasteiger partial charge >= 0.3 is 0 Å². The fourth-order valence-electron chi connectivity index (χ4n) is 2.49. The number of nitrogens with one attached hydrogen (secondary N) is 1. The molecule has 0 spiro atoms. The Morgan fingerprint density at radius 3 is 2.10 bits per heavy atom. The zero-order valence-electron chi connectivity index (χ0n) is 14.3. The minimum atomic E-state index is 0.252. The Balaban J connectivity index is 2.55. The molecule has 0 aliphatic rings. The first-order valence-electron chi connectivity index (χ1n) is 8.17. The van der Waals surface area contributed by atoms with Crippen LogP contribution in [-0.4, -0.2) is 12.6 Å². The van der Waals surface area contributed by atoms with Crippen molar-refractivity contribution in [2.24, 2.45) is 5.92 Å². The van der Waals surface area contributed by atoms with Crippen LogP contribution in [0.2, 0.25) is 0 Å². The second-order valence-electron chi connectivity index (χ2n) is 7.29. The highest BCUT2D eigenvalue weighted by molar-refractivity contribution is 5.27. The van der Waals surface area contributed by atoms with Crippen molar-refractivity contribution in [3.63, 3.8) is 0 Å². The summed E-state index contributed by atoms with van der Waals surface area (Å²) >= 11 is 0. The highest BCUT2D eigenvalue weighted by Crippen LogP contribution is 2.22. The molecule has 0 saturated carbocycles. The molecule has 0 radical (unpaired) electrons. The topological polar surface area (TPSA) is 12.0 Å². The Morgan fingerprint density at radius 1 is 1.05 bits per heavy atom. The summed E-state index contributed by atoms with van der Waals surface area (Å²) in [7, 11) is 0. The maximum absolute atomic E-state index is 3.67. The van der Waals surface area contributed by atoms with Gasteiger partial charge in [0.2, 0.25) is 0 Å². The van der Waals surface area contributed by atoms with Gasteiger partial charge in [0.1, 0.15) is 0 Å². The van der Waals surface area contributed by atoms with Crippen molar-refractivity contribution >= 4 is 0 Å². The minimum Gasteiger partial charge on any atom is -0.314 e. The predicted octanol–water partition coefficient (Wildman–Crippen LogP) is 4.94. The zero-order valence-corrected chi connectivity index (χ0v) is 14.3. The lowest BCUT2D eigenvalue weighted by molar-refractivity contribution is 0.378. The summed E-state index contributed by atoms with van der Waals surface area (Å²) in [5, 5.41) is 3.67. The number of hydrogen-bond acceptors (Lipinski definition) is 1. The highest BCUT2D eigenvalue weighted by Gasteiger charge is 2.14. The van der Waals surface area contributed by atoms with Crippen LogP contribution >= 0.6 is 0 Å². The molecular weight excluding hydrogens is 242 g/mol. The zero-order chi connectivity index (χ0) is 15.2. The van der Waals surface area contributed by atoms with Crippen LogP contribution in [0.5, 0.6) is 0 Å². The van der Waals surface area contributed by atoms with E-state index in [2.05, 4.69) is 71.1 Å². The Kier molecular flexibility index (Phi) is 6.75. The molecule has 1 N–H and O–H groups in total. The van der Waals surface area contributed by atoms with Crippen molar-refractivity contribution in [2.75, 3.05) is 6.54 Å². The van der Waals surface area contributed by atoms with E-state index in [1.165, 1.54) is 30.4 Å². The number of hydrogen-bond donors (Lipinski definition) is 1. The number of rotatable bonds is 7. The molecule has 1 rings (SSSR count). The number of benzene rings is 1. The third-order valence-corrected chi connectivity index (χ3v) is 4.03. The summed E-state index contributed by atoms with van der Waals surface area (Å²) in [6.45, 7) is 14.8. The molecule has 1 aromatic carbocycles. The lowest BCUT2D eigenvalue weighted by Crippen LogP contribution is -2.34. The molecule has 0 aromatic heterocycles. The third kappa shape index (κ3) is 5.66. The summed E-state index contributed by atoms with van der Waals surface area (Å²) < 4.78 is 0. The monoisotopic (exact) mass is 275 g/mol. The fraction of sp³-hybridized carbons (Fsp3) is 0.684. The van der Waals surface area contributed by atoms with Gasteiger partial charge in [0.25, 0.3) is 0 Å². The van der Waals surface area contributed by atoms with Crippen molar-refractivity contribution in [1.82, 2.24) is 5.32 Å². The largest absolute Gasteiger partial charge is 0.314 e. The molecule has 0 aliphatic heterocycles. The maximum Gasteiger partial charge on any atom is 0.00932 e. The third-order valence-electron chi connectivity index (χ3n) is 4.03. The van der Waals surface area contributed by atoms with Crippen molar-refractivity contribution in [3.8, 4) is 0 Å². The van der Waals surface area contributed by atoms with Gasteiger partial charge in [-0.3, -0.25) is 0 Å². The summed E-state index contributed by atoms with van der Waals surface area (Å²) in [5.41, 5.74) is 3.13. The fourth-order valence-corrected chi connectivity index (χ4v) is 2.49. The molecule has 1 atom stereocenters. The normalized spacial score (nSPS) is 13.8. The van der Waals surface area contributed by atoms with Gasteiger partial charge in [0.15, 0.2) is 0 Å². The van der Waals surface area contributed by atoms with E-state index in [-0.39, 0.29) is 5.41 Å². The Bertz CT molecular complexity index is 370. The van der Waals surface area contributed by atoms with E-state index in [1.54, 1.807) is 0 Å². The van der Waals surface area contributed by atoms with Crippen LogP contribution in [0.25, 0.3) is 0 Å². The lowest BCUT2D eigenvalue weighted by atomic mass is 9.86. The molecule has 1 heteroatoms. The van der Waals surface area contributed by atoms with E-state index in [1.807, 2.05) is 0 Å². The molecule has 0 saturated heterocycles. The van der Waals surface area contributed by atoms with Gasteiger partial charge in [0, 0.05) is 6.04 Å². The quantitative estimate of drug-likeness (QED) is 0.743. The van der Waals surface area contributed by atoms with Crippen LogP contribution in [-0.2, 0) is 11.8 Å². The second-order valence-corrected chi connectivity index (χ2v) is 7.29. The highest BCUT2D eigenvalue weighted by atomic mass is 14.9. The van der Waals surface area contributed by atoms with Gasteiger partial charge < -0.3 is 5.32 Å². The summed E-state index contributed by atoms with van der Waals surface area (Å²) in [6.07, 6.45) is 3.61. The van der Waals surface area contributed by atoms with Gasteiger partial charge in [-0.25, -0.2) is 0 Å². The van der Waals surface area contributed by atoms with Crippen LogP contribution in [0, 0.1) is 5.92 Å². The molecular formula is C19H33N. The van der Waals surface area contributed by atoms with Crippen LogP contribution in [0.1, 0.15) is 65.5 Å². The first-order valence-corrected chi connectivity index (χ1v) is 8.17. The van der Waals surface area contributed by atoms with Gasteiger partial charge in [-0.2, -0.15) is 0 Å². The standard InChI is InChI=1S/C19H33N/c1-7-14-20-18(15(2)3)13-10-16-8-11-17(12-9-16)19(4,5)6/h8-9,11-12,15,18,20H,7,10,13-14H2,1-6H3. The molecule has 1 unspecified atom stereocenters. The van der Waals surface area contributed by atoms with E-state index < -0.39 is 0 Å². The second kappa shape index (κ2) is 7.83. The van der Waals surface area contributed by atoms with E-state index in [0.717, 1.165) is 6.54 Å². The first kappa shape index (κ1) is 17.2. The molecule has 1 nitrogen and oxygen atoms in total. The van der Waals surface area contributed by atoms with Crippen LogP contribution in [0.4, 0.5) is 0 Å². The molecule has 1 aromatic rings. The molecule has 20 heavy (non-hydrogen) atoms. The lowest BCUT2D eigenvalue weighted by Gasteiger charge is -2.23. The number of aryl methyl sites for hydroxylation is 1. The Morgan fingerprint density at radius 2 is 1.65 bits per heavy atom. The Hall–Kier alpha value is -0.820. The van der Waals surface area contributed by atoms with Gasteiger partial charge in [-0.1, -0.05) is 65.8 Å². The maximum atomic E-state index is 3.67. The summed E-state index contributed by atoms with van der Waals surface area (Å²) in [4.78, 5) is 0. The van der Waals surface area contributed by atoms with E-state index in [9.17, 15) is 0 Å². The van der Waals surface area contributed by atoms with Gasteiger partial charge in [0.05, 0.1) is 0 Å². The van der Waals surface area contributed by atoms with Crippen molar-refractivity contribution in [3.05, 3.63) is 35.4 Å². The molecule has 0 amide bonds. The average molecular weight is 275 g/mol. The van der Waals surface area contributed by atoms with Crippen molar-refractivity contribution < 1.29 is 0 Å². The molecule has 114 valence electrons. The molecule has 0 bridgehead atoms. The van der Waals surface area contributed by atoms with Crippen molar-refractivity contribution in [1.29, 1.82) is 0 Å². The van der Waals surface area contributed by atoms with Crippen LogP contribution in [0.15, 0.2) is 24.3 Å². The average Bonchev–Trinajstić information content (AvgIpc) is 2.38. The Labute approximate surface area is 126 Å². The minimum absolute atomic E-state index is 0.252. The molecule has 0 aliphatic carbocycles. The van der Waals surface area contributed by atoms with Crippen molar-refractivity contribution in [2.45, 2.75) is 72.3 Å². The predicted molar refractivity (Wildman–Crippen MR) is 90.4 cm³/mol.